The molecule has 0 aliphatic rings. The second kappa shape index (κ2) is 8.31. The predicted molar refractivity (Wildman–Crippen MR) is 90.3 cm³/mol. The molecular formula is C18H22N2O4. The molecule has 0 aliphatic carbocycles. The monoisotopic (exact) mass is 330 g/mol. The van der Waals surface area contributed by atoms with E-state index in [2.05, 4.69) is 4.98 Å². The molecule has 6 heteroatoms. The van der Waals surface area contributed by atoms with E-state index in [1.165, 1.54) is 0 Å². The van der Waals surface area contributed by atoms with Crippen LogP contribution in [0.3, 0.4) is 0 Å². The molecule has 1 aromatic carbocycles. The van der Waals surface area contributed by atoms with Crippen molar-refractivity contribution in [2.75, 3.05) is 27.4 Å². The number of carbonyl (C=O) groups is 1. The van der Waals surface area contributed by atoms with Crippen molar-refractivity contribution in [3.8, 4) is 11.5 Å². The lowest BCUT2D eigenvalue weighted by molar-refractivity contribution is 0.0700. The Morgan fingerprint density at radius 2 is 2.00 bits per heavy atom. The zero-order valence-corrected chi connectivity index (χ0v) is 14.2. The molecule has 0 saturated heterocycles. The predicted octanol–water partition coefficient (Wildman–Crippen LogP) is 2.04. The van der Waals surface area contributed by atoms with Gasteiger partial charge in [-0.15, -0.1) is 0 Å². The molecule has 0 aliphatic heterocycles. The number of hydrogen-bond acceptors (Lipinski definition) is 5. The summed E-state index contributed by atoms with van der Waals surface area (Å²) in [7, 11) is 3.16. The fourth-order valence-electron chi connectivity index (χ4n) is 2.41. The van der Waals surface area contributed by atoms with Gasteiger partial charge in [0.2, 0.25) is 0 Å². The van der Waals surface area contributed by atoms with Gasteiger partial charge in [0.25, 0.3) is 5.91 Å². The molecule has 2 rings (SSSR count). The summed E-state index contributed by atoms with van der Waals surface area (Å²) in [6.45, 7) is 2.19. The third-order valence-corrected chi connectivity index (χ3v) is 3.61. The first-order valence-corrected chi connectivity index (χ1v) is 7.63. The van der Waals surface area contributed by atoms with Gasteiger partial charge in [0.1, 0.15) is 17.2 Å². The SMILES string of the molecule is COc1ccc(OC)c(CN(CCO)C(=O)c2cccc(C)n2)c1. The Labute approximate surface area is 141 Å². The largest absolute Gasteiger partial charge is 0.497 e. The van der Waals surface area contributed by atoms with Gasteiger partial charge in [-0.2, -0.15) is 0 Å². The molecule has 2 aromatic rings. The Morgan fingerprint density at radius 3 is 2.62 bits per heavy atom. The molecule has 1 amide bonds. The maximum atomic E-state index is 12.7. The highest BCUT2D eigenvalue weighted by Crippen LogP contribution is 2.25. The van der Waals surface area contributed by atoms with Crippen LogP contribution in [0, 0.1) is 6.92 Å². The topological polar surface area (TPSA) is 71.9 Å². The van der Waals surface area contributed by atoms with Crippen LogP contribution in [-0.2, 0) is 6.54 Å². The standard InChI is InChI=1S/C18H22N2O4/c1-13-5-4-6-16(19-13)18(22)20(9-10-21)12-14-11-15(23-2)7-8-17(14)24-3/h4-8,11,21H,9-10,12H2,1-3H3. The number of aromatic nitrogens is 1. The van der Waals surface area contributed by atoms with Crippen molar-refractivity contribution in [1.29, 1.82) is 0 Å². The van der Waals surface area contributed by atoms with Crippen molar-refractivity contribution in [1.82, 2.24) is 9.88 Å². The minimum Gasteiger partial charge on any atom is -0.497 e. The molecule has 0 bridgehead atoms. The van der Waals surface area contributed by atoms with Gasteiger partial charge in [-0.05, 0) is 37.3 Å². The molecule has 0 saturated carbocycles. The normalized spacial score (nSPS) is 10.3. The van der Waals surface area contributed by atoms with E-state index in [-0.39, 0.29) is 25.6 Å². The Morgan fingerprint density at radius 1 is 1.21 bits per heavy atom. The average Bonchev–Trinajstić information content (AvgIpc) is 2.60. The van der Waals surface area contributed by atoms with Gasteiger partial charge in [0.05, 0.1) is 20.8 Å². The van der Waals surface area contributed by atoms with Crippen molar-refractivity contribution >= 4 is 5.91 Å². The number of ether oxygens (including phenoxy) is 2. The van der Waals surface area contributed by atoms with Crippen molar-refractivity contribution in [2.24, 2.45) is 0 Å². The second-order valence-corrected chi connectivity index (χ2v) is 5.29. The quantitative estimate of drug-likeness (QED) is 0.841. The van der Waals surface area contributed by atoms with E-state index in [0.717, 1.165) is 11.3 Å². The number of benzene rings is 1. The maximum absolute atomic E-state index is 12.7. The van der Waals surface area contributed by atoms with Gasteiger partial charge >= 0.3 is 0 Å². The molecular weight excluding hydrogens is 308 g/mol. The van der Waals surface area contributed by atoms with Gasteiger partial charge in [-0.1, -0.05) is 6.07 Å². The third-order valence-electron chi connectivity index (χ3n) is 3.61. The van der Waals surface area contributed by atoms with Crippen LogP contribution in [0.25, 0.3) is 0 Å². The zero-order valence-electron chi connectivity index (χ0n) is 14.2. The minimum absolute atomic E-state index is 0.135. The average molecular weight is 330 g/mol. The lowest BCUT2D eigenvalue weighted by Crippen LogP contribution is -2.33. The van der Waals surface area contributed by atoms with Crippen molar-refractivity contribution < 1.29 is 19.4 Å². The lowest BCUT2D eigenvalue weighted by Gasteiger charge is -2.23. The van der Waals surface area contributed by atoms with Crippen LogP contribution >= 0.6 is 0 Å². The Balaban J connectivity index is 2.30. The second-order valence-electron chi connectivity index (χ2n) is 5.29. The van der Waals surface area contributed by atoms with Gasteiger partial charge < -0.3 is 19.5 Å². The Bertz CT molecular complexity index is 703. The number of hydrogen-bond donors (Lipinski definition) is 1. The fraction of sp³-hybridized carbons (Fsp3) is 0.333. The summed E-state index contributed by atoms with van der Waals surface area (Å²) in [5.74, 6) is 1.09. The molecule has 1 N–H and O–H groups in total. The summed E-state index contributed by atoms with van der Waals surface area (Å²) in [6, 6.07) is 10.7. The molecule has 1 heterocycles. The van der Waals surface area contributed by atoms with E-state index in [0.29, 0.717) is 17.2 Å². The molecule has 0 unspecified atom stereocenters. The Hall–Kier alpha value is -2.60. The zero-order chi connectivity index (χ0) is 17.5. The molecule has 6 nitrogen and oxygen atoms in total. The van der Waals surface area contributed by atoms with Crippen LogP contribution in [0.5, 0.6) is 11.5 Å². The number of pyridine rings is 1. The van der Waals surface area contributed by atoms with E-state index >= 15 is 0 Å². The number of aliphatic hydroxyl groups is 1. The summed E-state index contributed by atoms with van der Waals surface area (Å²) in [6.07, 6.45) is 0. The molecule has 0 fully saturated rings. The first-order chi connectivity index (χ1) is 11.6. The van der Waals surface area contributed by atoms with Gasteiger partial charge in [0, 0.05) is 24.3 Å². The number of carbonyl (C=O) groups excluding carboxylic acids is 1. The molecule has 1 aromatic heterocycles. The third kappa shape index (κ3) is 4.23. The van der Waals surface area contributed by atoms with Gasteiger partial charge in [-0.25, -0.2) is 4.98 Å². The van der Waals surface area contributed by atoms with E-state index < -0.39 is 0 Å². The maximum Gasteiger partial charge on any atom is 0.272 e. The summed E-state index contributed by atoms with van der Waals surface area (Å²) >= 11 is 0. The number of methoxy groups -OCH3 is 2. The molecule has 128 valence electrons. The number of rotatable bonds is 7. The fourth-order valence-corrected chi connectivity index (χ4v) is 2.41. The van der Waals surface area contributed by atoms with Crippen LogP contribution in [0.2, 0.25) is 0 Å². The van der Waals surface area contributed by atoms with Crippen LogP contribution in [-0.4, -0.2) is 48.3 Å². The smallest absolute Gasteiger partial charge is 0.272 e. The summed E-state index contributed by atoms with van der Waals surface area (Å²) in [5.41, 5.74) is 1.92. The first kappa shape index (κ1) is 17.7. The minimum atomic E-state index is -0.238. The van der Waals surface area contributed by atoms with Crippen molar-refractivity contribution in [2.45, 2.75) is 13.5 Å². The molecule has 0 spiro atoms. The van der Waals surface area contributed by atoms with Crippen LogP contribution in [0.4, 0.5) is 0 Å². The van der Waals surface area contributed by atoms with Crippen molar-refractivity contribution in [3.05, 3.63) is 53.3 Å². The van der Waals surface area contributed by atoms with Crippen LogP contribution in [0.1, 0.15) is 21.7 Å². The van der Waals surface area contributed by atoms with E-state index in [1.807, 2.05) is 19.1 Å². The number of amides is 1. The highest BCUT2D eigenvalue weighted by molar-refractivity contribution is 5.92. The van der Waals surface area contributed by atoms with E-state index in [1.54, 1.807) is 43.4 Å². The summed E-state index contributed by atoms with van der Waals surface area (Å²) in [5, 5.41) is 9.32. The summed E-state index contributed by atoms with van der Waals surface area (Å²) in [4.78, 5) is 18.5. The highest BCUT2D eigenvalue weighted by atomic mass is 16.5. The summed E-state index contributed by atoms with van der Waals surface area (Å²) < 4.78 is 10.6. The van der Waals surface area contributed by atoms with E-state index in [9.17, 15) is 9.90 Å². The van der Waals surface area contributed by atoms with Gasteiger partial charge in [-0.3, -0.25) is 4.79 Å². The van der Waals surface area contributed by atoms with Crippen molar-refractivity contribution in [3.63, 3.8) is 0 Å². The van der Waals surface area contributed by atoms with Crippen LogP contribution < -0.4 is 9.47 Å². The van der Waals surface area contributed by atoms with Gasteiger partial charge in [0.15, 0.2) is 0 Å². The van der Waals surface area contributed by atoms with E-state index in [4.69, 9.17) is 9.47 Å². The number of aryl methyl sites for hydroxylation is 1. The van der Waals surface area contributed by atoms with Crippen LogP contribution in [0.15, 0.2) is 36.4 Å². The molecule has 0 radical (unpaired) electrons. The molecule has 24 heavy (non-hydrogen) atoms. The Kier molecular flexibility index (Phi) is 6.14. The number of nitrogens with zero attached hydrogens (tertiary/aromatic N) is 2. The molecule has 0 atom stereocenters. The highest BCUT2D eigenvalue weighted by Gasteiger charge is 2.19. The number of aliphatic hydroxyl groups excluding tert-OH is 1. The first-order valence-electron chi connectivity index (χ1n) is 7.63. The lowest BCUT2D eigenvalue weighted by atomic mass is 10.1.